The molecule has 1 aliphatic rings. The number of nitrogens with one attached hydrogen (secondary N) is 2. The van der Waals surface area contributed by atoms with E-state index in [4.69, 9.17) is 23.3 Å². The number of H-pyrrole nitrogens is 1. The molecule has 3 unspecified atom stereocenters. The normalized spacial score (nSPS) is 23.1. The Balaban J connectivity index is 0.00000432. The van der Waals surface area contributed by atoms with Crippen LogP contribution in [0, 0.1) is 0 Å². The number of alkyl carbamates (subject to hydrolysis) is 1. The molecule has 1 aromatic heterocycles. The molecule has 35 heavy (non-hydrogen) atoms. The predicted octanol–water partition coefficient (Wildman–Crippen LogP) is 0.582. The van der Waals surface area contributed by atoms with E-state index < -0.39 is 56.1 Å². The SMILES string of the molecule is CNC(=O)OCc1ccc(OP(C)(=O)OC2C(OC)[C@H](n3ccc(=O)[nH]c3=O)O[C@@H]2CO)cc1.[W]. The first-order valence-electron chi connectivity index (χ1n) is 10.2. The summed E-state index contributed by atoms with van der Waals surface area (Å²) in [6.45, 7) is 0.772. The maximum absolute atomic E-state index is 13.1. The summed E-state index contributed by atoms with van der Waals surface area (Å²) in [7, 11) is -0.975. The standard InChI is InChI=1S/C20H26N3O10P.W/c1-21-20(27)30-11-12-4-6-13(7-5-12)32-34(3,28)33-16-14(10-24)31-18(17(16)29-2)23-9-8-15(25)22-19(23)26;/h4-9,14,16-18,24H,10-11H2,1-3H3,(H,21,27)(H,22,25,26);/t14-,16?,17?,18-,34?;/m1./s1. The van der Waals surface area contributed by atoms with Gasteiger partial charge in [-0.25, -0.2) is 14.2 Å². The minimum absolute atomic E-state index is 0. The Hall–Kier alpha value is -2.27. The first kappa shape index (κ1) is 29.0. The number of methoxy groups -OCH3 is 1. The smallest absolute Gasteiger partial charge is 0.407 e. The number of aliphatic hydroxyl groups excluding tert-OH is 1. The third kappa shape index (κ3) is 7.36. The van der Waals surface area contributed by atoms with Crippen molar-refractivity contribution in [3.63, 3.8) is 0 Å². The summed E-state index contributed by atoms with van der Waals surface area (Å²) in [4.78, 5) is 36.9. The number of carbonyl (C=O) groups is 1. The summed E-state index contributed by atoms with van der Waals surface area (Å²) in [5.74, 6) is 0.233. The van der Waals surface area contributed by atoms with Crippen molar-refractivity contribution in [1.82, 2.24) is 14.9 Å². The van der Waals surface area contributed by atoms with Gasteiger partial charge in [0.1, 0.15) is 30.7 Å². The van der Waals surface area contributed by atoms with E-state index in [1.807, 2.05) is 0 Å². The third-order valence-corrected chi connectivity index (χ3v) is 6.11. The second kappa shape index (κ2) is 12.6. The largest absolute Gasteiger partial charge is 0.445 e. The molecule has 1 aliphatic heterocycles. The molecule has 1 saturated heterocycles. The van der Waals surface area contributed by atoms with Gasteiger partial charge in [-0.3, -0.25) is 18.9 Å². The molecule has 3 rings (SSSR count). The van der Waals surface area contributed by atoms with E-state index in [0.29, 0.717) is 5.56 Å². The van der Waals surface area contributed by atoms with Crippen LogP contribution in [0.2, 0.25) is 0 Å². The van der Waals surface area contributed by atoms with Crippen molar-refractivity contribution in [3.8, 4) is 5.75 Å². The van der Waals surface area contributed by atoms with Gasteiger partial charge in [-0.05, 0) is 17.7 Å². The number of aliphatic hydroxyl groups is 1. The number of amides is 1. The van der Waals surface area contributed by atoms with Gasteiger partial charge >= 0.3 is 19.4 Å². The molecule has 192 valence electrons. The molecule has 0 aliphatic carbocycles. The van der Waals surface area contributed by atoms with Crippen molar-refractivity contribution in [1.29, 1.82) is 0 Å². The molecule has 0 spiro atoms. The first-order chi connectivity index (χ1) is 16.2. The Labute approximate surface area is 214 Å². The van der Waals surface area contributed by atoms with E-state index in [0.717, 1.165) is 10.6 Å². The molecular formula is C20H26N3O10PW. The van der Waals surface area contributed by atoms with Gasteiger partial charge < -0.3 is 29.2 Å². The molecule has 15 heteroatoms. The van der Waals surface area contributed by atoms with Gasteiger partial charge in [-0.15, -0.1) is 0 Å². The second-order valence-corrected chi connectivity index (χ2v) is 9.30. The summed E-state index contributed by atoms with van der Waals surface area (Å²) < 4.78 is 41.6. The van der Waals surface area contributed by atoms with Crippen molar-refractivity contribution in [2.45, 2.75) is 31.1 Å². The molecule has 2 heterocycles. The van der Waals surface area contributed by atoms with Crippen molar-refractivity contribution >= 4 is 13.7 Å². The average molecular weight is 683 g/mol. The Kier molecular flexibility index (Phi) is 10.4. The molecule has 3 N–H and O–H groups in total. The maximum atomic E-state index is 13.1. The molecule has 13 nitrogen and oxygen atoms in total. The van der Waals surface area contributed by atoms with Crippen molar-refractivity contribution in [2.24, 2.45) is 0 Å². The average Bonchev–Trinajstić information content (AvgIpc) is 3.14. The number of ether oxygens (including phenoxy) is 3. The van der Waals surface area contributed by atoms with Crippen LogP contribution in [0.15, 0.2) is 46.1 Å². The fraction of sp³-hybridized carbons (Fsp3) is 0.450. The van der Waals surface area contributed by atoms with E-state index in [1.54, 1.807) is 12.1 Å². The van der Waals surface area contributed by atoms with Gasteiger partial charge in [0.2, 0.25) is 0 Å². The van der Waals surface area contributed by atoms with Gasteiger partial charge in [-0.2, -0.15) is 0 Å². The first-order valence-corrected chi connectivity index (χ1v) is 12.2. The molecular weight excluding hydrogens is 657 g/mol. The van der Waals surface area contributed by atoms with Gasteiger partial charge in [0.05, 0.1) is 6.61 Å². The van der Waals surface area contributed by atoms with Crippen molar-refractivity contribution in [2.75, 3.05) is 27.4 Å². The zero-order valence-corrected chi connectivity index (χ0v) is 22.9. The van der Waals surface area contributed by atoms with Crippen LogP contribution in [0.25, 0.3) is 0 Å². The Bertz CT molecular complexity index is 1150. The summed E-state index contributed by atoms with van der Waals surface area (Å²) in [6, 6.07) is 7.46. The van der Waals surface area contributed by atoms with Crippen LogP contribution in [0.4, 0.5) is 4.79 Å². The molecule has 0 bridgehead atoms. The van der Waals surface area contributed by atoms with Crippen LogP contribution in [0.3, 0.4) is 0 Å². The van der Waals surface area contributed by atoms with Gasteiger partial charge in [0.15, 0.2) is 6.23 Å². The third-order valence-electron chi connectivity index (χ3n) is 4.94. The molecule has 0 radical (unpaired) electrons. The molecule has 2 aromatic rings. The van der Waals surface area contributed by atoms with E-state index in [-0.39, 0.29) is 33.4 Å². The monoisotopic (exact) mass is 683 g/mol. The van der Waals surface area contributed by atoms with Crippen molar-refractivity contribution < 1.29 is 58.8 Å². The fourth-order valence-electron chi connectivity index (χ4n) is 3.39. The number of carbonyl (C=O) groups excluding carboxylic acids is 1. The summed E-state index contributed by atoms with van der Waals surface area (Å²) in [6.07, 6.45) is -3.41. The van der Waals surface area contributed by atoms with Gasteiger partial charge in [0.25, 0.3) is 5.56 Å². The molecule has 5 atom stereocenters. The number of rotatable bonds is 9. The number of benzene rings is 1. The fourth-order valence-corrected chi connectivity index (χ4v) is 4.63. The number of aromatic amines is 1. The maximum Gasteiger partial charge on any atom is 0.407 e. The van der Waals surface area contributed by atoms with Crippen LogP contribution in [0.1, 0.15) is 11.8 Å². The van der Waals surface area contributed by atoms with Crippen LogP contribution in [0.5, 0.6) is 5.75 Å². The predicted molar refractivity (Wildman–Crippen MR) is 118 cm³/mol. The van der Waals surface area contributed by atoms with E-state index in [1.165, 1.54) is 39.2 Å². The zero-order chi connectivity index (χ0) is 24.9. The molecule has 0 saturated carbocycles. The van der Waals surface area contributed by atoms with Crippen LogP contribution in [-0.2, 0) is 51.0 Å². The minimum Gasteiger partial charge on any atom is -0.445 e. The number of hydrogen-bond donors (Lipinski definition) is 3. The van der Waals surface area contributed by atoms with Crippen LogP contribution in [-0.4, -0.2) is 66.5 Å². The van der Waals surface area contributed by atoms with Crippen LogP contribution >= 0.6 is 7.60 Å². The summed E-state index contributed by atoms with van der Waals surface area (Å²) in [5.41, 5.74) is -0.647. The van der Waals surface area contributed by atoms with E-state index in [2.05, 4.69) is 10.3 Å². The molecule has 1 amide bonds. The Morgan fingerprint density at radius 2 is 1.91 bits per heavy atom. The van der Waals surface area contributed by atoms with E-state index in [9.17, 15) is 24.1 Å². The number of nitrogens with zero attached hydrogens (tertiary/aromatic N) is 1. The quantitative estimate of drug-likeness (QED) is 0.319. The Morgan fingerprint density at radius 1 is 1.23 bits per heavy atom. The molecule has 1 fully saturated rings. The van der Waals surface area contributed by atoms with Crippen LogP contribution < -0.4 is 21.1 Å². The number of hydrogen-bond acceptors (Lipinski definition) is 10. The summed E-state index contributed by atoms with van der Waals surface area (Å²) in [5, 5.41) is 12.1. The zero-order valence-electron chi connectivity index (χ0n) is 19.1. The van der Waals surface area contributed by atoms with E-state index >= 15 is 0 Å². The topological polar surface area (TPSA) is 167 Å². The van der Waals surface area contributed by atoms with Gasteiger partial charge in [0, 0.05) is 54.2 Å². The molecule has 1 aromatic carbocycles. The minimum atomic E-state index is -3.77. The van der Waals surface area contributed by atoms with Gasteiger partial charge in [-0.1, -0.05) is 12.1 Å². The Morgan fingerprint density at radius 3 is 2.49 bits per heavy atom. The number of aromatic nitrogens is 2. The summed E-state index contributed by atoms with van der Waals surface area (Å²) >= 11 is 0. The van der Waals surface area contributed by atoms with Crippen molar-refractivity contribution in [3.05, 3.63) is 62.9 Å². The second-order valence-electron chi connectivity index (χ2n) is 7.37.